The molecule has 0 saturated carbocycles. The van der Waals surface area contributed by atoms with Gasteiger partial charge in [0.1, 0.15) is 11.5 Å². The highest BCUT2D eigenvalue weighted by Gasteiger charge is 2.07. The van der Waals surface area contributed by atoms with Gasteiger partial charge in [-0.15, -0.1) is 0 Å². The summed E-state index contributed by atoms with van der Waals surface area (Å²) in [6.45, 7) is 2.43. The van der Waals surface area contributed by atoms with Crippen LogP contribution in [-0.4, -0.2) is 44.0 Å². The van der Waals surface area contributed by atoms with E-state index in [4.69, 9.17) is 9.47 Å². The second kappa shape index (κ2) is 9.46. The second-order valence-corrected chi connectivity index (χ2v) is 5.90. The van der Waals surface area contributed by atoms with Gasteiger partial charge in [-0.2, -0.15) is 0 Å². The molecule has 1 N–H and O–H groups in total. The molecule has 2 aromatic carbocycles. The van der Waals surface area contributed by atoms with Crippen LogP contribution in [0.15, 0.2) is 48.5 Å². The number of anilines is 1. The topological polar surface area (TPSA) is 67.9 Å². The summed E-state index contributed by atoms with van der Waals surface area (Å²) < 4.78 is 10.8. The monoisotopic (exact) mass is 356 g/mol. The van der Waals surface area contributed by atoms with Crippen molar-refractivity contribution in [2.45, 2.75) is 13.3 Å². The predicted molar refractivity (Wildman–Crippen MR) is 101 cm³/mol. The zero-order valence-electron chi connectivity index (χ0n) is 15.3. The van der Waals surface area contributed by atoms with E-state index in [1.807, 2.05) is 19.1 Å². The minimum atomic E-state index is -0.254. The van der Waals surface area contributed by atoms with Gasteiger partial charge in [0.15, 0.2) is 6.61 Å². The first-order chi connectivity index (χ1) is 12.5. The highest BCUT2D eigenvalue weighted by atomic mass is 16.5. The molecular weight excluding hydrogens is 332 g/mol. The Kier molecular flexibility index (Phi) is 7.02. The first-order valence-corrected chi connectivity index (χ1v) is 8.42. The number of nitrogens with one attached hydrogen (secondary N) is 1. The molecule has 26 heavy (non-hydrogen) atoms. The average molecular weight is 356 g/mol. The van der Waals surface area contributed by atoms with E-state index in [2.05, 4.69) is 5.32 Å². The molecule has 6 heteroatoms. The van der Waals surface area contributed by atoms with Crippen LogP contribution in [0.4, 0.5) is 5.69 Å². The molecular formula is C20H24N2O4. The maximum absolute atomic E-state index is 12.0. The Bertz CT molecular complexity index is 724. The number of amides is 2. The number of hydrogen-bond donors (Lipinski definition) is 1. The third-order valence-electron chi connectivity index (χ3n) is 3.60. The molecule has 0 saturated heterocycles. The normalized spacial score (nSPS) is 10.1. The van der Waals surface area contributed by atoms with E-state index in [0.29, 0.717) is 24.5 Å². The Morgan fingerprint density at radius 3 is 2.04 bits per heavy atom. The molecule has 0 radical (unpaired) electrons. The zero-order valence-corrected chi connectivity index (χ0v) is 15.3. The molecule has 6 nitrogen and oxygen atoms in total. The van der Waals surface area contributed by atoms with Gasteiger partial charge >= 0.3 is 0 Å². The smallest absolute Gasteiger partial charge is 0.262 e. The maximum atomic E-state index is 12.0. The highest BCUT2D eigenvalue weighted by molar-refractivity contribution is 5.92. The average Bonchev–Trinajstić information content (AvgIpc) is 2.63. The zero-order chi connectivity index (χ0) is 18.9. The van der Waals surface area contributed by atoms with Crippen molar-refractivity contribution in [3.63, 3.8) is 0 Å². The molecule has 138 valence electrons. The van der Waals surface area contributed by atoms with Crippen LogP contribution in [0.1, 0.15) is 12.5 Å². The largest absolute Gasteiger partial charge is 0.494 e. The van der Waals surface area contributed by atoms with Gasteiger partial charge in [-0.05, 0) is 48.9 Å². The molecule has 2 aromatic rings. The molecule has 0 aliphatic rings. The SMILES string of the molecule is CCOc1ccc(OCC(=O)Nc2ccc(CC(=O)N(C)C)cc2)cc1. The fourth-order valence-electron chi connectivity index (χ4n) is 2.18. The van der Waals surface area contributed by atoms with E-state index in [1.165, 1.54) is 0 Å². The molecule has 0 bridgehead atoms. The molecule has 0 atom stereocenters. The van der Waals surface area contributed by atoms with Crippen LogP contribution in [0, 0.1) is 0 Å². The first-order valence-electron chi connectivity index (χ1n) is 8.42. The lowest BCUT2D eigenvalue weighted by atomic mass is 10.1. The summed E-state index contributed by atoms with van der Waals surface area (Å²) in [5, 5.41) is 2.76. The van der Waals surface area contributed by atoms with Crippen molar-refractivity contribution in [3.8, 4) is 11.5 Å². The second-order valence-electron chi connectivity index (χ2n) is 5.90. The number of carbonyl (C=O) groups is 2. The Morgan fingerprint density at radius 2 is 1.50 bits per heavy atom. The number of hydrogen-bond acceptors (Lipinski definition) is 4. The number of nitrogens with zero attached hydrogens (tertiary/aromatic N) is 1. The van der Waals surface area contributed by atoms with E-state index in [0.717, 1.165) is 11.3 Å². The quantitative estimate of drug-likeness (QED) is 0.790. The number of carbonyl (C=O) groups excluding carboxylic acids is 2. The van der Waals surface area contributed by atoms with Crippen molar-refractivity contribution >= 4 is 17.5 Å². The van der Waals surface area contributed by atoms with E-state index >= 15 is 0 Å². The van der Waals surface area contributed by atoms with Crippen LogP contribution in [0.3, 0.4) is 0 Å². The summed E-state index contributed by atoms with van der Waals surface area (Å²) in [7, 11) is 3.45. The van der Waals surface area contributed by atoms with Gasteiger partial charge in [-0.3, -0.25) is 9.59 Å². The maximum Gasteiger partial charge on any atom is 0.262 e. The summed E-state index contributed by atoms with van der Waals surface area (Å²) in [4.78, 5) is 25.2. The Balaban J connectivity index is 1.81. The minimum absolute atomic E-state index is 0.0329. The number of ether oxygens (including phenoxy) is 2. The van der Waals surface area contributed by atoms with E-state index in [-0.39, 0.29) is 18.4 Å². The van der Waals surface area contributed by atoms with E-state index in [1.54, 1.807) is 55.4 Å². The lowest BCUT2D eigenvalue weighted by Crippen LogP contribution is -2.23. The van der Waals surface area contributed by atoms with Crippen molar-refractivity contribution in [1.82, 2.24) is 4.90 Å². The van der Waals surface area contributed by atoms with Gasteiger partial charge < -0.3 is 19.7 Å². The molecule has 0 spiro atoms. The molecule has 0 heterocycles. The highest BCUT2D eigenvalue weighted by Crippen LogP contribution is 2.17. The van der Waals surface area contributed by atoms with Crippen LogP contribution in [-0.2, 0) is 16.0 Å². The lowest BCUT2D eigenvalue weighted by Gasteiger charge is -2.11. The molecule has 0 unspecified atom stereocenters. The van der Waals surface area contributed by atoms with Crippen LogP contribution < -0.4 is 14.8 Å². The van der Waals surface area contributed by atoms with Crippen LogP contribution >= 0.6 is 0 Å². The molecule has 0 aliphatic heterocycles. The minimum Gasteiger partial charge on any atom is -0.494 e. The van der Waals surface area contributed by atoms with Gasteiger partial charge in [0.2, 0.25) is 5.91 Å². The summed E-state index contributed by atoms with van der Waals surface area (Å²) in [6.07, 6.45) is 0.335. The fraction of sp³-hybridized carbons (Fsp3) is 0.300. The van der Waals surface area contributed by atoms with Gasteiger partial charge in [0.25, 0.3) is 5.91 Å². The third kappa shape index (κ3) is 6.12. The molecule has 0 aromatic heterocycles. The Morgan fingerprint density at radius 1 is 0.923 bits per heavy atom. The summed E-state index contributed by atoms with van der Waals surface area (Å²) >= 11 is 0. The molecule has 0 aliphatic carbocycles. The summed E-state index contributed by atoms with van der Waals surface area (Å²) in [5.74, 6) is 1.14. The summed E-state index contributed by atoms with van der Waals surface area (Å²) in [6, 6.07) is 14.3. The van der Waals surface area contributed by atoms with Gasteiger partial charge in [-0.25, -0.2) is 0 Å². The number of benzene rings is 2. The Labute approximate surface area is 153 Å². The van der Waals surface area contributed by atoms with E-state index in [9.17, 15) is 9.59 Å². The van der Waals surface area contributed by atoms with Crippen LogP contribution in [0.2, 0.25) is 0 Å². The lowest BCUT2D eigenvalue weighted by molar-refractivity contribution is -0.128. The van der Waals surface area contributed by atoms with Gasteiger partial charge in [-0.1, -0.05) is 12.1 Å². The predicted octanol–water partition coefficient (Wildman–Crippen LogP) is 2.73. The molecule has 0 fully saturated rings. The standard InChI is InChI=1S/C20H24N2O4/c1-4-25-17-9-11-18(12-10-17)26-14-19(23)21-16-7-5-15(6-8-16)13-20(24)22(2)3/h5-12H,4,13-14H2,1-3H3,(H,21,23). The van der Waals surface area contributed by atoms with Crippen molar-refractivity contribution < 1.29 is 19.1 Å². The number of rotatable bonds is 8. The van der Waals surface area contributed by atoms with Gasteiger partial charge in [0.05, 0.1) is 13.0 Å². The van der Waals surface area contributed by atoms with Crippen LogP contribution in [0.5, 0.6) is 11.5 Å². The van der Waals surface area contributed by atoms with Crippen molar-refractivity contribution in [3.05, 3.63) is 54.1 Å². The fourth-order valence-corrected chi connectivity index (χ4v) is 2.18. The Hall–Kier alpha value is -3.02. The first kappa shape index (κ1) is 19.3. The molecule has 2 amide bonds. The molecule has 2 rings (SSSR count). The third-order valence-corrected chi connectivity index (χ3v) is 3.60. The van der Waals surface area contributed by atoms with Crippen molar-refractivity contribution in [2.75, 3.05) is 32.6 Å². The van der Waals surface area contributed by atoms with Crippen molar-refractivity contribution in [2.24, 2.45) is 0 Å². The van der Waals surface area contributed by atoms with E-state index < -0.39 is 0 Å². The number of likely N-dealkylation sites (N-methyl/N-ethyl adjacent to an activating group) is 1. The summed E-state index contributed by atoms with van der Waals surface area (Å²) in [5.41, 5.74) is 1.55. The van der Waals surface area contributed by atoms with Crippen molar-refractivity contribution in [1.29, 1.82) is 0 Å². The van der Waals surface area contributed by atoms with Crippen LogP contribution in [0.25, 0.3) is 0 Å². The van der Waals surface area contributed by atoms with Gasteiger partial charge in [0, 0.05) is 19.8 Å².